The lowest BCUT2D eigenvalue weighted by atomic mass is 10.1. The van der Waals surface area contributed by atoms with Crippen molar-refractivity contribution in [3.8, 4) is 11.8 Å². The average Bonchev–Trinajstić information content (AvgIpc) is 2.26. The Morgan fingerprint density at radius 2 is 2.33 bits per heavy atom. The molecule has 0 atom stereocenters. The summed E-state index contributed by atoms with van der Waals surface area (Å²) >= 11 is 3.10. The van der Waals surface area contributed by atoms with E-state index in [-0.39, 0.29) is 11.3 Å². The standard InChI is InChI=1S/C9H7BrF2N2O/c1-15-7-2-5(3-10)14-8(9(11)12)6(7)4-13/h2,9H,3H2,1H3. The van der Waals surface area contributed by atoms with Crippen molar-refractivity contribution in [1.29, 1.82) is 5.26 Å². The molecular weight excluding hydrogens is 270 g/mol. The Bertz CT molecular complexity index is 404. The Morgan fingerprint density at radius 1 is 1.67 bits per heavy atom. The molecular formula is C9H7BrF2N2O. The van der Waals surface area contributed by atoms with Gasteiger partial charge in [0.1, 0.15) is 23.1 Å². The van der Waals surface area contributed by atoms with Gasteiger partial charge in [-0.3, -0.25) is 0 Å². The third-order valence-corrected chi connectivity index (χ3v) is 2.31. The summed E-state index contributed by atoms with van der Waals surface area (Å²) in [5.74, 6) is 0.122. The number of aromatic nitrogens is 1. The first kappa shape index (κ1) is 11.9. The second-order valence-electron chi connectivity index (χ2n) is 2.62. The maximum atomic E-state index is 12.6. The molecule has 1 aromatic rings. The molecule has 0 N–H and O–H groups in total. The van der Waals surface area contributed by atoms with Gasteiger partial charge in [-0.15, -0.1) is 0 Å². The Hall–Kier alpha value is -1.22. The molecule has 6 heteroatoms. The van der Waals surface area contributed by atoms with Crippen molar-refractivity contribution in [2.24, 2.45) is 0 Å². The predicted octanol–water partition coefficient (Wildman–Crippen LogP) is 2.79. The molecule has 0 aliphatic carbocycles. The van der Waals surface area contributed by atoms with Crippen LogP contribution in [0.2, 0.25) is 0 Å². The lowest BCUT2D eigenvalue weighted by Gasteiger charge is -2.09. The van der Waals surface area contributed by atoms with Crippen LogP contribution in [0, 0.1) is 11.3 Å². The minimum atomic E-state index is -2.78. The van der Waals surface area contributed by atoms with E-state index in [1.807, 2.05) is 0 Å². The third-order valence-electron chi connectivity index (χ3n) is 1.74. The maximum absolute atomic E-state index is 12.6. The lowest BCUT2D eigenvalue weighted by Crippen LogP contribution is -2.02. The summed E-state index contributed by atoms with van der Waals surface area (Å²) in [5, 5.41) is 9.06. The van der Waals surface area contributed by atoms with E-state index < -0.39 is 12.1 Å². The van der Waals surface area contributed by atoms with Crippen LogP contribution in [-0.2, 0) is 5.33 Å². The summed E-state index contributed by atoms with van der Waals surface area (Å²) in [6.07, 6.45) is -2.78. The molecule has 80 valence electrons. The summed E-state index contributed by atoms with van der Waals surface area (Å²) in [4.78, 5) is 3.67. The summed E-state index contributed by atoms with van der Waals surface area (Å²) < 4.78 is 30.0. The van der Waals surface area contributed by atoms with E-state index in [0.29, 0.717) is 11.0 Å². The van der Waals surface area contributed by atoms with E-state index >= 15 is 0 Å². The Labute approximate surface area is 93.8 Å². The van der Waals surface area contributed by atoms with Crippen LogP contribution in [0.4, 0.5) is 8.78 Å². The molecule has 0 aliphatic rings. The predicted molar refractivity (Wildman–Crippen MR) is 53.1 cm³/mol. The van der Waals surface area contributed by atoms with Crippen molar-refractivity contribution in [3.63, 3.8) is 0 Å². The van der Waals surface area contributed by atoms with E-state index in [1.54, 1.807) is 6.07 Å². The smallest absolute Gasteiger partial charge is 0.281 e. The minimum absolute atomic E-state index is 0.122. The van der Waals surface area contributed by atoms with Crippen LogP contribution in [0.3, 0.4) is 0 Å². The number of pyridine rings is 1. The van der Waals surface area contributed by atoms with Crippen molar-refractivity contribution in [1.82, 2.24) is 4.98 Å². The number of hydrogen-bond acceptors (Lipinski definition) is 3. The first-order chi connectivity index (χ1) is 7.13. The van der Waals surface area contributed by atoms with Gasteiger partial charge in [0.05, 0.1) is 12.8 Å². The average molecular weight is 277 g/mol. The summed E-state index contributed by atoms with van der Waals surface area (Å²) in [7, 11) is 1.32. The topological polar surface area (TPSA) is 45.9 Å². The number of hydrogen-bond donors (Lipinski definition) is 0. The number of halogens is 3. The van der Waals surface area contributed by atoms with Crippen LogP contribution in [0.15, 0.2) is 6.07 Å². The molecule has 15 heavy (non-hydrogen) atoms. The van der Waals surface area contributed by atoms with Gasteiger partial charge in [0.25, 0.3) is 6.43 Å². The molecule has 0 radical (unpaired) electrons. The fourth-order valence-electron chi connectivity index (χ4n) is 1.09. The number of nitriles is 1. The molecule has 3 nitrogen and oxygen atoms in total. The molecule has 0 saturated heterocycles. The van der Waals surface area contributed by atoms with Crippen molar-refractivity contribution in [3.05, 3.63) is 23.0 Å². The molecule has 0 fully saturated rings. The highest BCUT2D eigenvalue weighted by Crippen LogP contribution is 2.28. The first-order valence-corrected chi connectivity index (χ1v) is 5.08. The zero-order valence-corrected chi connectivity index (χ0v) is 9.38. The van der Waals surface area contributed by atoms with Gasteiger partial charge in [-0.2, -0.15) is 5.26 Å². The van der Waals surface area contributed by atoms with Crippen LogP contribution < -0.4 is 4.74 Å². The summed E-state index contributed by atoms with van der Waals surface area (Å²) in [5.41, 5.74) is -0.343. The van der Waals surface area contributed by atoms with Crippen LogP contribution in [0.5, 0.6) is 5.75 Å². The molecule has 0 unspecified atom stereocenters. The van der Waals surface area contributed by atoms with Gasteiger partial charge >= 0.3 is 0 Å². The zero-order valence-electron chi connectivity index (χ0n) is 7.80. The fraction of sp³-hybridized carbons (Fsp3) is 0.333. The Balaban J connectivity index is 3.41. The third kappa shape index (κ3) is 2.42. The second-order valence-corrected chi connectivity index (χ2v) is 3.18. The Kier molecular flexibility index (Phi) is 3.97. The minimum Gasteiger partial charge on any atom is -0.495 e. The quantitative estimate of drug-likeness (QED) is 0.798. The molecule has 0 bridgehead atoms. The molecule has 0 amide bonds. The highest BCUT2D eigenvalue weighted by Gasteiger charge is 2.20. The van der Waals surface area contributed by atoms with E-state index in [0.717, 1.165) is 0 Å². The monoisotopic (exact) mass is 276 g/mol. The number of ether oxygens (including phenoxy) is 1. The molecule has 0 saturated carbocycles. The van der Waals surface area contributed by atoms with Crippen molar-refractivity contribution < 1.29 is 13.5 Å². The molecule has 0 aromatic carbocycles. The van der Waals surface area contributed by atoms with Crippen LogP contribution >= 0.6 is 15.9 Å². The first-order valence-electron chi connectivity index (χ1n) is 3.96. The molecule has 1 heterocycles. The SMILES string of the molecule is COc1cc(CBr)nc(C(F)F)c1C#N. The molecule has 0 spiro atoms. The van der Waals surface area contributed by atoms with Crippen molar-refractivity contribution in [2.45, 2.75) is 11.8 Å². The van der Waals surface area contributed by atoms with Crippen LogP contribution in [0.1, 0.15) is 23.4 Å². The number of alkyl halides is 3. The summed E-state index contributed by atoms with van der Waals surface area (Å²) in [6, 6.07) is 3.12. The van der Waals surface area contributed by atoms with E-state index in [4.69, 9.17) is 10.00 Å². The van der Waals surface area contributed by atoms with Gasteiger partial charge in [0.2, 0.25) is 0 Å². The highest BCUT2D eigenvalue weighted by molar-refractivity contribution is 9.08. The molecule has 1 aromatic heterocycles. The van der Waals surface area contributed by atoms with Crippen LogP contribution in [-0.4, -0.2) is 12.1 Å². The van der Waals surface area contributed by atoms with E-state index in [2.05, 4.69) is 20.9 Å². The van der Waals surface area contributed by atoms with Crippen molar-refractivity contribution >= 4 is 15.9 Å². The zero-order chi connectivity index (χ0) is 11.4. The van der Waals surface area contributed by atoms with Crippen molar-refractivity contribution in [2.75, 3.05) is 7.11 Å². The lowest BCUT2D eigenvalue weighted by molar-refractivity contribution is 0.145. The van der Waals surface area contributed by atoms with Gasteiger partial charge < -0.3 is 4.74 Å². The highest BCUT2D eigenvalue weighted by atomic mass is 79.9. The molecule has 1 rings (SSSR count). The number of rotatable bonds is 3. The Morgan fingerprint density at radius 3 is 2.73 bits per heavy atom. The maximum Gasteiger partial charge on any atom is 0.281 e. The van der Waals surface area contributed by atoms with E-state index in [9.17, 15) is 8.78 Å². The molecule has 0 aliphatic heterocycles. The normalized spacial score (nSPS) is 10.1. The number of nitrogens with zero attached hydrogens (tertiary/aromatic N) is 2. The second kappa shape index (κ2) is 5.03. The van der Waals surface area contributed by atoms with Gasteiger partial charge in [-0.05, 0) is 0 Å². The van der Waals surface area contributed by atoms with Gasteiger partial charge in [0, 0.05) is 11.4 Å². The summed E-state index contributed by atoms with van der Waals surface area (Å²) in [6.45, 7) is 0. The van der Waals surface area contributed by atoms with Crippen LogP contribution in [0.25, 0.3) is 0 Å². The van der Waals surface area contributed by atoms with Gasteiger partial charge in [-0.1, -0.05) is 15.9 Å². The largest absolute Gasteiger partial charge is 0.495 e. The van der Waals surface area contributed by atoms with Gasteiger partial charge in [-0.25, -0.2) is 13.8 Å². The van der Waals surface area contributed by atoms with E-state index in [1.165, 1.54) is 13.2 Å². The number of methoxy groups -OCH3 is 1. The fourth-order valence-corrected chi connectivity index (χ4v) is 1.38. The van der Waals surface area contributed by atoms with Gasteiger partial charge in [0.15, 0.2) is 0 Å².